The van der Waals surface area contributed by atoms with Gasteiger partial charge in [-0.2, -0.15) is 0 Å². The van der Waals surface area contributed by atoms with Gasteiger partial charge in [0, 0.05) is 25.0 Å². The molecule has 1 amide bonds. The summed E-state index contributed by atoms with van der Waals surface area (Å²) < 4.78 is 0. The Kier molecular flexibility index (Phi) is 6.99. The molecule has 2 saturated heterocycles. The molecule has 2 aliphatic rings. The van der Waals surface area contributed by atoms with Crippen LogP contribution in [0.3, 0.4) is 0 Å². The summed E-state index contributed by atoms with van der Waals surface area (Å²) in [4.78, 5) is 22.7. The number of carbonyl (C=O) groups excluding carboxylic acids is 1. The van der Waals surface area contributed by atoms with Gasteiger partial charge >= 0.3 is 0 Å². The largest absolute Gasteiger partial charge is 0.356 e. The van der Waals surface area contributed by atoms with Gasteiger partial charge in [0.05, 0.1) is 11.1 Å². The second-order valence-electron chi connectivity index (χ2n) is 8.47. The maximum atomic E-state index is 13.0. The van der Waals surface area contributed by atoms with Crippen LogP contribution in [-0.2, 0) is 0 Å². The van der Waals surface area contributed by atoms with E-state index in [1.165, 1.54) is 64.6 Å². The van der Waals surface area contributed by atoms with E-state index < -0.39 is 0 Å². The lowest BCUT2D eigenvalue weighted by Crippen LogP contribution is -2.31. The summed E-state index contributed by atoms with van der Waals surface area (Å²) in [5.74, 6) is 0.866. The lowest BCUT2D eigenvalue weighted by atomic mass is 10.1. The monoisotopic (exact) mass is 394 g/mol. The number of anilines is 1. The number of hydrogen-bond donors (Lipinski definition) is 1. The van der Waals surface area contributed by atoms with E-state index in [2.05, 4.69) is 15.1 Å². The van der Waals surface area contributed by atoms with E-state index in [-0.39, 0.29) is 5.91 Å². The van der Waals surface area contributed by atoms with Crippen molar-refractivity contribution in [3.8, 4) is 0 Å². The summed E-state index contributed by atoms with van der Waals surface area (Å²) in [6.45, 7) is 6.47. The normalized spacial score (nSPS) is 17.7. The van der Waals surface area contributed by atoms with Gasteiger partial charge in [-0.3, -0.25) is 4.79 Å². The Bertz CT molecular complexity index is 810. The average molecular weight is 395 g/mol. The van der Waals surface area contributed by atoms with Gasteiger partial charge in [0.15, 0.2) is 0 Å². The van der Waals surface area contributed by atoms with Crippen molar-refractivity contribution in [2.24, 2.45) is 0 Å². The van der Waals surface area contributed by atoms with Crippen molar-refractivity contribution in [1.29, 1.82) is 0 Å². The van der Waals surface area contributed by atoms with Crippen molar-refractivity contribution in [3.05, 3.63) is 35.9 Å². The number of pyridine rings is 1. The van der Waals surface area contributed by atoms with E-state index in [9.17, 15) is 4.79 Å². The van der Waals surface area contributed by atoms with Crippen LogP contribution < -0.4 is 10.2 Å². The Morgan fingerprint density at radius 1 is 0.931 bits per heavy atom. The zero-order valence-electron chi connectivity index (χ0n) is 17.5. The van der Waals surface area contributed by atoms with E-state index >= 15 is 0 Å². The Morgan fingerprint density at radius 2 is 1.69 bits per heavy atom. The van der Waals surface area contributed by atoms with E-state index in [1.54, 1.807) is 0 Å². The first-order valence-corrected chi connectivity index (χ1v) is 11.5. The van der Waals surface area contributed by atoms with Crippen LogP contribution in [-0.4, -0.2) is 55.1 Å². The summed E-state index contributed by atoms with van der Waals surface area (Å²) in [6, 6.07) is 10.1. The Balaban J connectivity index is 1.32. The molecule has 0 atom stereocenters. The molecule has 2 fully saturated rings. The molecule has 156 valence electrons. The summed E-state index contributed by atoms with van der Waals surface area (Å²) >= 11 is 0. The molecule has 2 aromatic rings. The highest BCUT2D eigenvalue weighted by Gasteiger charge is 2.21. The second kappa shape index (κ2) is 10.1. The molecular formula is C24H34N4O. The van der Waals surface area contributed by atoms with Crippen LogP contribution in [0.15, 0.2) is 30.3 Å². The van der Waals surface area contributed by atoms with Crippen molar-refractivity contribution in [2.45, 2.75) is 51.4 Å². The van der Waals surface area contributed by atoms with Gasteiger partial charge in [0.25, 0.3) is 5.91 Å². The van der Waals surface area contributed by atoms with Gasteiger partial charge in [-0.1, -0.05) is 31.0 Å². The van der Waals surface area contributed by atoms with E-state index in [0.717, 1.165) is 48.3 Å². The Hall–Kier alpha value is -2.14. The third-order valence-corrected chi connectivity index (χ3v) is 6.24. The number of unbranched alkanes of at least 4 members (excludes halogenated alkanes) is 2. The molecule has 0 bridgehead atoms. The van der Waals surface area contributed by atoms with Crippen LogP contribution in [0.5, 0.6) is 0 Å². The van der Waals surface area contributed by atoms with Gasteiger partial charge in [-0.05, 0) is 70.3 Å². The topological polar surface area (TPSA) is 48.5 Å². The lowest BCUT2D eigenvalue weighted by molar-refractivity contribution is 0.0953. The lowest BCUT2D eigenvalue weighted by Gasteiger charge is -2.26. The molecule has 3 heterocycles. The molecule has 0 aliphatic carbocycles. The highest BCUT2D eigenvalue weighted by atomic mass is 16.1. The Labute approximate surface area is 174 Å². The number of likely N-dealkylation sites (tertiary alicyclic amines) is 1. The molecule has 1 aromatic heterocycles. The number of hydrogen-bond acceptors (Lipinski definition) is 4. The fourth-order valence-corrected chi connectivity index (χ4v) is 4.56. The van der Waals surface area contributed by atoms with Crippen LogP contribution in [0.4, 0.5) is 5.82 Å². The summed E-state index contributed by atoms with van der Waals surface area (Å²) in [6.07, 6.45) is 9.90. The molecule has 0 radical (unpaired) electrons. The SMILES string of the molecule is O=C(NCCCCCN1CCCCC1)c1cc2ccccc2nc1N1CCCC1. The molecule has 2 aliphatic heterocycles. The van der Waals surface area contributed by atoms with E-state index in [4.69, 9.17) is 4.98 Å². The number of nitrogens with zero attached hydrogens (tertiary/aromatic N) is 3. The average Bonchev–Trinajstić information content (AvgIpc) is 3.30. The van der Waals surface area contributed by atoms with E-state index in [0.29, 0.717) is 0 Å². The van der Waals surface area contributed by atoms with Crippen LogP contribution in [0.25, 0.3) is 10.9 Å². The first kappa shape index (κ1) is 20.1. The minimum Gasteiger partial charge on any atom is -0.356 e. The van der Waals surface area contributed by atoms with Crippen molar-refractivity contribution in [2.75, 3.05) is 44.2 Å². The van der Waals surface area contributed by atoms with Crippen LogP contribution in [0.1, 0.15) is 61.7 Å². The van der Waals surface area contributed by atoms with Gasteiger partial charge < -0.3 is 15.1 Å². The number of aromatic nitrogens is 1. The van der Waals surface area contributed by atoms with E-state index in [1.807, 2.05) is 30.3 Å². The standard InChI is InChI=1S/C24H34N4O/c29-24(25-13-5-1-6-14-27-15-7-2-8-16-27)21-19-20-11-3-4-12-22(20)26-23(21)28-17-9-10-18-28/h3-4,11-12,19H,1-2,5-10,13-18H2,(H,25,29). The van der Waals surface area contributed by atoms with Gasteiger partial charge in [-0.25, -0.2) is 4.98 Å². The van der Waals surface area contributed by atoms with Crippen molar-refractivity contribution in [1.82, 2.24) is 15.2 Å². The quantitative estimate of drug-likeness (QED) is 0.681. The van der Waals surface area contributed by atoms with Crippen molar-refractivity contribution in [3.63, 3.8) is 0 Å². The summed E-state index contributed by atoms with van der Waals surface area (Å²) in [5, 5.41) is 4.18. The summed E-state index contributed by atoms with van der Waals surface area (Å²) in [7, 11) is 0. The first-order valence-electron chi connectivity index (χ1n) is 11.5. The van der Waals surface area contributed by atoms with Crippen molar-refractivity contribution < 1.29 is 4.79 Å². The van der Waals surface area contributed by atoms with Crippen LogP contribution >= 0.6 is 0 Å². The number of nitrogens with one attached hydrogen (secondary N) is 1. The van der Waals surface area contributed by atoms with Crippen molar-refractivity contribution >= 4 is 22.6 Å². The summed E-state index contributed by atoms with van der Waals surface area (Å²) in [5.41, 5.74) is 1.68. The number of rotatable bonds is 8. The van der Waals surface area contributed by atoms with Crippen LogP contribution in [0, 0.1) is 0 Å². The molecule has 1 aromatic carbocycles. The minimum absolute atomic E-state index is 0.0150. The third-order valence-electron chi connectivity index (χ3n) is 6.24. The van der Waals surface area contributed by atoms with Gasteiger partial charge in [-0.15, -0.1) is 0 Å². The smallest absolute Gasteiger partial charge is 0.255 e. The first-order chi connectivity index (χ1) is 14.3. The maximum absolute atomic E-state index is 13.0. The molecule has 5 nitrogen and oxygen atoms in total. The molecule has 0 unspecified atom stereocenters. The number of benzene rings is 1. The predicted molar refractivity (Wildman–Crippen MR) is 120 cm³/mol. The molecule has 5 heteroatoms. The zero-order chi connectivity index (χ0) is 19.9. The van der Waals surface area contributed by atoms with Gasteiger partial charge in [0.2, 0.25) is 0 Å². The molecule has 0 saturated carbocycles. The van der Waals surface area contributed by atoms with Crippen LogP contribution in [0.2, 0.25) is 0 Å². The fourth-order valence-electron chi connectivity index (χ4n) is 4.56. The second-order valence-corrected chi connectivity index (χ2v) is 8.47. The molecule has 0 spiro atoms. The molecule has 29 heavy (non-hydrogen) atoms. The fraction of sp³-hybridized carbons (Fsp3) is 0.583. The molecular weight excluding hydrogens is 360 g/mol. The highest BCUT2D eigenvalue weighted by molar-refractivity contribution is 6.02. The number of amides is 1. The highest BCUT2D eigenvalue weighted by Crippen LogP contribution is 2.26. The number of carbonyl (C=O) groups is 1. The molecule has 1 N–H and O–H groups in total. The zero-order valence-corrected chi connectivity index (χ0v) is 17.5. The predicted octanol–water partition coefficient (Wildman–Crippen LogP) is 4.22. The number of para-hydroxylation sites is 1. The molecule has 4 rings (SSSR count). The van der Waals surface area contributed by atoms with Gasteiger partial charge in [0.1, 0.15) is 5.82 Å². The number of piperidine rings is 1. The minimum atomic E-state index is 0.0150. The number of fused-ring (bicyclic) bond motifs is 1. The Morgan fingerprint density at radius 3 is 2.52 bits per heavy atom. The third kappa shape index (κ3) is 5.27. The maximum Gasteiger partial charge on any atom is 0.255 e.